The van der Waals surface area contributed by atoms with E-state index in [1.165, 1.54) is 0 Å². The van der Waals surface area contributed by atoms with Gasteiger partial charge in [0.1, 0.15) is 5.84 Å². The monoisotopic (exact) mass is 474 g/mol. The largest absolute Gasteiger partial charge is 0.419 e. The Kier molecular flexibility index (Phi) is 5.37. The number of alkyl halides is 3. The number of carbonyl (C=O) groups is 1. The molecule has 2 aliphatic heterocycles. The highest BCUT2D eigenvalue weighted by atomic mass is 32.3. The van der Waals surface area contributed by atoms with Crippen LogP contribution < -0.4 is 5.73 Å². The van der Waals surface area contributed by atoms with Crippen molar-refractivity contribution in [2.75, 3.05) is 6.54 Å². The van der Waals surface area contributed by atoms with Crippen molar-refractivity contribution in [1.29, 1.82) is 0 Å². The van der Waals surface area contributed by atoms with Gasteiger partial charge in [-0.1, -0.05) is 0 Å². The fourth-order valence-electron chi connectivity index (χ4n) is 2.98. The lowest BCUT2D eigenvalue weighted by atomic mass is 10.0. The van der Waals surface area contributed by atoms with Gasteiger partial charge >= 0.3 is 32.6 Å². The van der Waals surface area contributed by atoms with E-state index in [0.29, 0.717) is 5.06 Å². The van der Waals surface area contributed by atoms with Crippen LogP contribution in [0.15, 0.2) is 21.9 Å². The van der Waals surface area contributed by atoms with E-state index in [0.717, 1.165) is 4.90 Å². The average Bonchev–Trinajstić information content (AvgIpc) is 2.84. The molecule has 13 nitrogen and oxygen atoms in total. The van der Waals surface area contributed by atoms with E-state index < -0.39 is 61.3 Å². The summed E-state index contributed by atoms with van der Waals surface area (Å²) < 4.78 is 100. The second kappa shape index (κ2) is 7.29. The number of urea groups is 1. The van der Waals surface area contributed by atoms with Crippen molar-refractivity contribution in [3.05, 3.63) is 18.0 Å². The van der Waals surface area contributed by atoms with Crippen molar-refractivity contribution in [3.63, 3.8) is 0 Å². The predicted molar refractivity (Wildman–Crippen MR) is 89.2 cm³/mol. The molecule has 0 spiro atoms. The maximum absolute atomic E-state index is 12.5. The van der Waals surface area contributed by atoms with Crippen LogP contribution in [-0.4, -0.2) is 71.8 Å². The summed E-state index contributed by atoms with van der Waals surface area (Å²) in [5, 5.41) is -0.605. The summed E-state index contributed by atoms with van der Waals surface area (Å²) in [7, 11) is -9.67. The van der Waals surface area contributed by atoms with Crippen molar-refractivity contribution in [3.8, 4) is 0 Å². The number of nitrogens with two attached hydrogens (primary N) is 1. The molecule has 3 rings (SSSR count). The molecule has 0 radical (unpaired) electrons. The molecule has 166 valence electrons. The highest BCUT2D eigenvalue weighted by Gasteiger charge is 2.48. The van der Waals surface area contributed by atoms with Crippen molar-refractivity contribution in [1.82, 2.24) is 19.9 Å². The SMILES string of the molecule is NC(=NS(=O)(=O)c1ncc(C(F)(F)F)cn1)C1CCC2CN1C(=O)N2OS(=O)(=O)O. The maximum Gasteiger partial charge on any atom is 0.419 e. The summed E-state index contributed by atoms with van der Waals surface area (Å²) in [5.74, 6) is -0.584. The predicted octanol–water partition coefficient (Wildman–Crippen LogP) is -0.456. The van der Waals surface area contributed by atoms with E-state index in [9.17, 15) is 34.8 Å². The van der Waals surface area contributed by atoms with E-state index >= 15 is 0 Å². The molecule has 2 bridgehead atoms. The highest BCUT2D eigenvalue weighted by molar-refractivity contribution is 7.90. The van der Waals surface area contributed by atoms with Gasteiger partial charge in [0.2, 0.25) is 0 Å². The van der Waals surface area contributed by atoms with Crippen LogP contribution in [0.1, 0.15) is 18.4 Å². The molecule has 0 aromatic carbocycles. The third-order valence-electron chi connectivity index (χ3n) is 4.25. The Morgan fingerprint density at radius 1 is 1.23 bits per heavy atom. The van der Waals surface area contributed by atoms with Gasteiger partial charge in [-0.25, -0.2) is 14.8 Å². The molecule has 3 heterocycles. The molecule has 2 saturated heterocycles. The molecule has 3 N–H and O–H groups in total. The minimum absolute atomic E-state index is 0.0699. The Hall–Kier alpha value is -2.57. The molecule has 2 unspecified atom stereocenters. The van der Waals surface area contributed by atoms with Crippen LogP contribution >= 0.6 is 0 Å². The molecule has 2 aliphatic rings. The molecule has 2 fully saturated rings. The molecule has 30 heavy (non-hydrogen) atoms. The summed E-state index contributed by atoms with van der Waals surface area (Å²) in [6.45, 7) is -0.0912. The molecule has 0 aliphatic carbocycles. The first kappa shape index (κ1) is 22.1. The van der Waals surface area contributed by atoms with Crippen molar-refractivity contribution < 1.29 is 43.6 Å². The smallest absolute Gasteiger partial charge is 0.385 e. The zero-order chi connectivity index (χ0) is 22.5. The van der Waals surface area contributed by atoms with E-state index in [1.54, 1.807) is 0 Å². The van der Waals surface area contributed by atoms with Gasteiger partial charge in [0.05, 0.1) is 17.6 Å². The average molecular weight is 474 g/mol. The standard InChI is InChI=1S/C12H13F3N6O7S2/c13-12(14,15)6-3-17-10(18-4-6)29(23,24)19-9(16)8-2-1-7-5-20(8)11(22)21(7)28-30(25,26)27/h3-4,7-8H,1-2,5H2,(H2,16,19)(H,25,26,27). The minimum Gasteiger partial charge on any atom is -0.385 e. The summed E-state index contributed by atoms with van der Waals surface area (Å²) in [6.07, 6.45) is -4.03. The van der Waals surface area contributed by atoms with Crippen LogP contribution in [0.3, 0.4) is 0 Å². The summed E-state index contributed by atoms with van der Waals surface area (Å²) in [4.78, 5) is 19.6. The number of amidine groups is 1. The van der Waals surface area contributed by atoms with Gasteiger partial charge in [0.15, 0.2) is 0 Å². The second-order valence-electron chi connectivity index (χ2n) is 6.25. The number of hydroxylamine groups is 2. The molecule has 1 aromatic rings. The third-order valence-corrected chi connectivity index (χ3v) is 5.72. The Bertz CT molecular complexity index is 1090. The Balaban J connectivity index is 1.82. The highest BCUT2D eigenvalue weighted by Crippen LogP contribution is 2.31. The zero-order valence-electron chi connectivity index (χ0n) is 14.6. The quantitative estimate of drug-likeness (QED) is 0.245. The molecule has 0 saturated carbocycles. The van der Waals surface area contributed by atoms with Gasteiger partial charge in [-0.3, -0.25) is 4.55 Å². The van der Waals surface area contributed by atoms with Gasteiger partial charge in [0.25, 0.3) is 5.16 Å². The first-order valence-corrected chi connectivity index (χ1v) is 10.8. The van der Waals surface area contributed by atoms with Crippen molar-refractivity contribution in [2.45, 2.75) is 36.3 Å². The number of sulfonamides is 1. The number of aromatic nitrogens is 2. The molecule has 2 atom stereocenters. The van der Waals surface area contributed by atoms with E-state index in [1.807, 2.05) is 0 Å². The Morgan fingerprint density at radius 2 is 1.83 bits per heavy atom. The fourth-order valence-corrected chi connectivity index (χ4v) is 4.22. The molecule has 18 heteroatoms. The number of nitrogens with zero attached hydrogens (tertiary/aromatic N) is 5. The van der Waals surface area contributed by atoms with Crippen molar-refractivity contribution in [2.24, 2.45) is 10.1 Å². The number of piperidine rings is 1. The Labute approximate surface area is 167 Å². The van der Waals surface area contributed by atoms with Gasteiger partial charge < -0.3 is 10.6 Å². The van der Waals surface area contributed by atoms with Crippen LogP contribution in [0.4, 0.5) is 18.0 Å². The van der Waals surface area contributed by atoms with Crippen LogP contribution in [0.2, 0.25) is 0 Å². The lowest BCUT2D eigenvalue weighted by molar-refractivity contribution is -0.138. The normalized spacial score (nSPS) is 23.2. The zero-order valence-corrected chi connectivity index (χ0v) is 16.2. The first-order valence-electron chi connectivity index (χ1n) is 7.95. The van der Waals surface area contributed by atoms with Gasteiger partial charge in [0, 0.05) is 18.9 Å². The third kappa shape index (κ3) is 4.45. The van der Waals surface area contributed by atoms with Gasteiger partial charge in [-0.2, -0.15) is 35.1 Å². The van der Waals surface area contributed by atoms with Crippen LogP contribution in [-0.2, 0) is 30.9 Å². The van der Waals surface area contributed by atoms with E-state index in [-0.39, 0.29) is 31.8 Å². The summed E-state index contributed by atoms with van der Waals surface area (Å²) >= 11 is 0. The topological polar surface area (TPSA) is 185 Å². The molecular formula is C12H13F3N6O7S2. The lowest BCUT2D eigenvalue weighted by Gasteiger charge is -2.29. The van der Waals surface area contributed by atoms with Crippen LogP contribution in [0, 0.1) is 0 Å². The summed E-state index contributed by atoms with van der Waals surface area (Å²) in [6, 6.07) is -2.81. The maximum atomic E-state index is 12.5. The number of rotatable bonds is 5. The number of halogens is 3. The number of amides is 2. The molecule has 1 aromatic heterocycles. The number of hydrogen-bond acceptors (Lipinski definition) is 8. The second-order valence-corrected chi connectivity index (χ2v) is 8.76. The minimum atomic E-state index is -4.97. The van der Waals surface area contributed by atoms with Crippen molar-refractivity contribution >= 4 is 32.3 Å². The first-order chi connectivity index (χ1) is 13.7. The fraction of sp³-hybridized carbons (Fsp3) is 0.500. The Morgan fingerprint density at radius 3 is 2.37 bits per heavy atom. The number of hydrogen-bond donors (Lipinski definition) is 2. The molecular weight excluding hydrogens is 461 g/mol. The van der Waals surface area contributed by atoms with E-state index in [4.69, 9.17) is 10.3 Å². The molecule has 2 amide bonds. The van der Waals surface area contributed by atoms with E-state index in [2.05, 4.69) is 18.6 Å². The van der Waals surface area contributed by atoms with Gasteiger partial charge in [-0.15, -0.1) is 8.68 Å². The number of carbonyl (C=O) groups excluding carboxylic acids is 1. The number of fused-ring (bicyclic) bond motifs is 2. The lowest BCUT2D eigenvalue weighted by Crippen LogP contribution is -2.48. The summed E-state index contributed by atoms with van der Waals surface area (Å²) in [5.41, 5.74) is 4.44. The van der Waals surface area contributed by atoms with Crippen LogP contribution in [0.25, 0.3) is 0 Å². The van der Waals surface area contributed by atoms with Gasteiger partial charge in [-0.05, 0) is 12.8 Å². The van der Waals surface area contributed by atoms with Crippen LogP contribution in [0.5, 0.6) is 0 Å².